The van der Waals surface area contributed by atoms with Crippen molar-refractivity contribution in [1.29, 1.82) is 0 Å². The largest absolute Gasteiger partial charge is 0.433 e. The highest BCUT2D eigenvalue weighted by atomic mass is 19.4. The van der Waals surface area contributed by atoms with E-state index in [9.17, 15) is 22.8 Å². The molecular formula is C23H20F3N5O2. The highest BCUT2D eigenvalue weighted by Crippen LogP contribution is 2.35. The molecule has 2 heterocycles. The number of alkyl halides is 3. The fourth-order valence-corrected chi connectivity index (χ4v) is 3.51. The number of aromatic amines is 1. The molecule has 0 unspecified atom stereocenters. The second-order valence-electron chi connectivity index (χ2n) is 7.89. The Bertz CT molecular complexity index is 1390. The smallest absolute Gasteiger partial charge is 0.350 e. The fourth-order valence-electron chi connectivity index (χ4n) is 3.51. The van der Waals surface area contributed by atoms with Gasteiger partial charge in [-0.05, 0) is 49.2 Å². The second-order valence-corrected chi connectivity index (χ2v) is 7.89. The van der Waals surface area contributed by atoms with E-state index >= 15 is 0 Å². The molecule has 2 aromatic heterocycles. The summed E-state index contributed by atoms with van der Waals surface area (Å²) in [4.78, 5) is 29.5. The van der Waals surface area contributed by atoms with E-state index in [1.54, 1.807) is 24.3 Å². The number of H-pyrrole nitrogens is 1. The molecule has 0 aliphatic carbocycles. The van der Waals surface area contributed by atoms with E-state index in [-0.39, 0.29) is 46.1 Å². The summed E-state index contributed by atoms with van der Waals surface area (Å²) in [5.74, 6) is -0.208. The zero-order valence-electron chi connectivity index (χ0n) is 17.8. The number of benzene rings is 2. The van der Waals surface area contributed by atoms with Crippen molar-refractivity contribution in [1.82, 2.24) is 25.1 Å². The van der Waals surface area contributed by atoms with Crippen molar-refractivity contribution in [3.8, 4) is 11.1 Å². The standard InChI is InChI=1S/C23H20F3N5O2/c1-13(2)29-21(32)16-5-3-4-14(8-16)11-31-12-27-19-9-15(6-7-17(19)22(31)33)18-10-28-30-20(18)23(24,25)26/h3-10,12-13H,11H2,1-2H3,(H,28,30)(H,29,32). The van der Waals surface area contributed by atoms with Crippen LogP contribution in [0.4, 0.5) is 13.2 Å². The minimum absolute atomic E-state index is 0.00684. The van der Waals surface area contributed by atoms with Crippen LogP contribution in [-0.2, 0) is 12.7 Å². The van der Waals surface area contributed by atoms with Gasteiger partial charge in [0, 0.05) is 17.2 Å². The maximum atomic E-state index is 13.2. The maximum Gasteiger partial charge on any atom is 0.433 e. The van der Waals surface area contributed by atoms with Gasteiger partial charge in [0.15, 0.2) is 0 Å². The third kappa shape index (κ3) is 4.64. The molecule has 0 atom stereocenters. The van der Waals surface area contributed by atoms with Gasteiger partial charge in [-0.2, -0.15) is 18.3 Å². The fraction of sp³-hybridized carbons (Fsp3) is 0.217. The van der Waals surface area contributed by atoms with Crippen molar-refractivity contribution in [3.63, 3.8) is 0 Å². The Morgan fingerprint density at radius 2 is 1.97 bits per heavy atom. The number of nitrogens with one attached hydrogen (secondary N) is 2. The van der Waals surface area contributed by atoms with Crippen LogP contribution in [0.3, 0.4) is 0 Å². The molecule has 2 N–H and O–H groups in total. The Morgan fingerprint density at radius 1 is 1.18 bits per heavy atom. The van der Waals surface area contributed by atoms with E-state index in [1.165, 1.54) is 29.1 Å². The molecule has 0 saturated heterocycles. The number of halogens is 3. The lowest BCUT2D eigenvalue weighted by Gasteiger charge is -2.11. The molecule has 0 fully saturated rings. The Balaban J connectivity index is 1.65. The summed E-state index contributed by atoms with van der Waals surface area (Å²) in [7, 11) is 0. The number of fused-ring (bicyclic) bond motifs is 1. The molecule has 10 heteroatoms. The molecule has 4 aromatic rings. The molecule has 170 valence electrons. The topological polar surface area (TPSA) is 92.7 Å². The van der Waals surface area contributed by atoms with Gasteiger partial charge >= 0.3 is 6.18 Å². The zero-order valence-corrected chi connectivity index (χ0v) is 17.8. The van der Waals surface area contributed by atoms with Gasteiger partial charge < -0.3 is 5.32 Å². The van der Waals surface area contributed by atoms with Crippen LogP contribution in [0.1, 0.15) is 35.5 Å². The van der Waals surface area contributed by atoms with E-state index in [0.717, 1.165) is 11.8 Å². The summed E-state index contributed by atoms with van der Waals surface area (Å²) < 4.78 is 40.9. The monoisotopic (exact) mass is 455 g/mol. The van der Waals surface area contributed by atoms with Gasteiger partial charge in [-0.1, -0.05) is 18.2 Å². The van der Waals surface area contributed by atoms with Crippen molar-refractivity contribution in [2.75, 3.05) is 0 Å². The molecule has 1 amide bonds. The molecule has 7 nitrogen and oxygen atoms in total. The van der Waals surface area contributed by atoms with E-state index in [1.807, 2.05) is 18.9 Å². The van der Waals surface area contributed by atoms with Crippen molar-refractivity contribution in [2.45, 2.75) is 32.6 Å². The Labute approximate surface area is 186 Å². The number of carbonyl (C=O) groups is 1. The second kappa shape index (κ2) is 8.53. The van der Waals surface area contributed by atoms with Gasteiger partial charge in [0.1, 0.15) is 5.69 Å². The summed E-state index contributed by atoms with van der Waals surface area (Å²) in [6.45, 7) is 3.92. The van der Waals surface area contributed by atoms with Crippen LogP contribution in [0.5, 0.6) is 0 Å². The van der Waals surface area contributed by atoms with Gasteiger partial charge in [-0.25, -0.2) is 4.98 Å². The third-order valence-corrected chi connectivity index (χ3v) is 5.02. The first kappa shape index (κ1) is 22.3. The molecule has 0 aliphatic heterocycles. The Kier molecular flexibility index (Phi) is 5.75. The summed E-state index contributed by atoms with van der Waals surface area (Å²) in [5, 5.41) is 8.56. The van der Waals surface area contributed by atoms with Crippen molar-refractivity contribution in [3.05, 3.63) is 82.2 Å². The van der Waals surface area contributed by atoms with Gasteiger partial charge in [0.05, 0.1) is 30.0 Å². The molecule has 33 heavy (non-hydrogen) atoms. The summed E-state index contributed by atoms with van der Waals surface area (Å²) >= 11 is 0. The maximum absolute atomic E-state index is 13.2. The van der Waals surface area contributed by atoms with Gasteiger partial charge in [0.25, 0.3) is 11.5 Å². The third-order valence-electron chi connectivity index (χ3n) is 5.02. The average molecular weight is 455 g/mol. The number of hydrogen-bond acceptors (Lipinski definition) is 4. The predicted octanol–water partition coefficient (Wildman–Crippen LogP) is 3.99. The predicted molar refractivity (Wildman–Crippen MR) is 117 cm³/mol. The first-order valence-electron chi connectivity index (χ1n) is 10.1. The number of amides is 1. The SMILES string of the molecule is CC(C)NC(=O)c1cccc(Cn2cnc3cc(-c4cn[nH]c4C(F)(F)F)ccc3c2=O)c1. The number of rotatable bonds is 5. The molecule has 0 saturated carbocycles. The number of nitrogens with zero attached hydrogens (tertiary/aromatic N) is 3. The van der Waals surface area contributed by atoms with Crippen LogP contribution in [-0.4, -0.2) is 31.7 Å². The highest BCUT2D eigenvalue weighted by molar-refractivity contribution is 5.94. The van der Waals surface area contributed by atoms with E-state index in [4.69, 9.17) is 0 Å². The van der Waals surface area contributed by atoms with Crippen LogP contribution in [0.15, 0.2) is 59.8 Å². The molecule has 0 spiro atoms. The number of hydrogen-bond donors (Lipinski definition) is 2. The lowest BCUT2D eigenvalue weighted by molar-refractivity contribution is -0.140. The van der Waals surface area contributed by atoms with E-state index < -0.39 is 11.9 Å². The quantitative estimate of drug-likeness (QED) is 0.476. The Hall–Kier alpha value is -3.95. The summed E-state index contributed by atoms with van der Waals surface area (Å²) in [6.07, 6.45) is -2.15. The van der Waals surface area contributed by atoms with E-state index in [0.29, 0.717) is 5.56 Å². The van der Waals surface area contributed by atoms with Crippen molar-refractivity contribution >= 4 is 16.8 Å². The van der Waals surface area contributed by atoms with Crippen molar-refractivity contribution < 1.29 is 18.0 Å². The van der Waals surface area contributed by atoms with Crippen LogP contribution in [0.2, 0.25) is 0 Å². The molecule has 4 rings (SSSR count). The number of aromatic nitrogens is 4. The summed E-state index contributed by atoms with van der Waals surface area (Å²) in [6, 6.07) is 11.2. The number of carbonyl (C=O) groups excluding carboxylic acids is 1. The molecule has 0 radical (unpaired) electrons. The van der Waals surface area contributed by atoms with Crippen LogP contribution in [0, 0.1) is 0 Å². The minimum atomic E-state index is -4.59. The zero-order chi connectivity index (χ0) is 23.8. The molecule has 0 aliphatic rings. The van der Waals surface area contributed by atoms with Gasteiger partial charge in [-0.15, -0.1) is 0 Å². The lowest BCUT2D eigenvalue weighted by Crippen LogP contribution is -2.30. The van der Waals surface area contributed by atoms with Gasteiger partial charge in [0.2, 0.25) is 0 Å². The van der Waals surface area contributed by atoms with Crippen molar-refractivity contribution in [2.24, 2.45) is 0 Å². The summed E-state index contributed by atoms with van der Waals surface area (Å²) in [5.41, 5.74) is 0.313. The first-order valence-corrected chi connectivity index (χ1v) is 10.1. The minimum Gasteiger partial charge on any atom is -0.350 e. The van der Waals surface area contributed by atoms with Crippen LogP contribution < -0.4 is 10.9 Å². The Morgan fingerprint density at radius 3 is 2.70 bits per heavy atom. The first-order chi connectivity index (χ1) is 15.6. The average Bonchev–Trinajstić information content (AvgIpc) is 3.26. The van der Waals surface area contributed by atoms with E-state index in [2.05, 4.69) is 15.4 Å². The van der Waals surface area contributed by atoms with Gasteiger partial charge in [-0.3, -0.25) is 19.3 Å². The molecule has 0 bridgehead atoms. The molecule has 2 aromatic carbocycles. The lowest BCUT2D eigenvalue weighted by atomic mass is 10.0. The van der Waals surface area contributed by atoms with Crippen LogP contribution >= 0.6 is 0 Å². The van der Waals surface area contributed by atoms with Crippen LogP contribution in [0.25, 0.3) is 22.0 Å². The normalized spacial score (nSPS) is 11.8. The highest BCUT2D eigenvalue weighted by Gasteiger charge is 2.36. The molecular weight excluding hydrogens is 435 g/mol.